The monoisotopic (exact) mass is 250 g/mol. The summed E-state index contributed by atoms with van der Waals surface area (Å²) in [5.74, 6) is 0.983. The Morgan fingerprint density at radius 1 is 1.00 bits per heavy atom. The standard InChI is InChI=1S/C12H26O3S/c1-3-12(4-2)11-16(14,15)10-8-6-5-7-9-13/h12-13H,3-11H2,1-2H3. The molecular formula is C12H26O3S. The van der Waals surface area contributed by atoms with Crippen molar-refractivity contribution < 1.29 is 13.5 Å². The summed E-state index contributed by atoms with van der Waals surface area (Å²) >= 11 is 0. The first-order chi connectivity index (χ1) is 7.55. The van der Waals surface area contributed by atoms with E-state index in [0.717, 1.165) is 38.5 Å². The number of unbranched alkanes of at least 4 members (excludes halogenated alkanes) is 3. The summed E-state index contributed by atoms with van der Waals surface area (Å²) in [7, 11) is -2.85. The van der Waals surface area contributed by atoms with Crippen molar-refractivity contribution in [1.29, 1.82) is 0 Å². The van der Waals surface area contributed by atoms with E-state index in [4.69, 9.17) is 5.11 Å². The molecule has 0 aromatic heterocycles. The van der Waals surface area contributed by atoms with Gasteiger partial charge in [-0.15, -0.1) is 0 Å². The predicted molar refractivity (Wildman–Crippen MR) is 68.3 cm³/mol. The third kappa shape index (κ3) is 8.11. The summed E-state index contributed by atoms with van der Waals surface area (Å²) in [5, 5.41) is 8.59. The molecule has 0 radical (unpaired) electrons. The van der Waals surface area contributed by atoms with Crippen molar-refractivity contribution in [2.24, 2.45) is 5.92 Å². The van der Waals surface area contributed by atoms with Crippen molar-refractivity contribution >= 4 is 9.84 Å². The normalized spacial score (nSPS) is 12.2. The van der Waals surface area contributed by atoms with Gasteiger partial charge in [-0.25, -0.2) is 8.42 Å². The van der Waals surface area contributed by atoms with Crippen LogP contribution in [0.15, 0.2) is 0 Å². The fraction of sp³-hybridized carbons (Fsp3) is 1.00. The van der Waals surface area contributed by atoms with Crippen LogP contribution in [0.25, 0.3) is 0 Å². The second-order valence-corrected chi connectivity index (χ2v) is 6.66. The van der Waals surface area contributed by atoms with Crippen LogP contribution in [-0.2, 0) is 9.84 Å². The lowest BCUT2D eigenvalue weighted by Gasteiger charge is -2.12. The zero-order valence-electron chi connectivity index (χ0n) is 10.6. The van der Waals surface area contributed by atoms with E-state index in [1.54, 1.807) is 0 Å². The molecule has 98 valence electrons. The van der Waals surface area contributed by atoms with Crippen LogP contribution in [0.5, 0.6) is 0 Å². The average Bonchev–Trinajstić information content (AvgIpc) is 2.25. The van der Waals surface area contributed by atoms with Crippen molar-refractivity contribution in [3.05, 3.63) is 0 Å². The van der Waals surface area contributed by atoms with Gasteiger partial charge < -0.3 is 5.11 Å². The Kier molecular flexibility index (Phi) is 8.94. The number of hydrogen-bond donors (Lipinski definition) is 1. The van der Waals surface area contributed by atoms with Gasteiger partial charge in [0.25, 0.3) is 0 Å². The molecule has 1 N–H and O–H groups in total. The lowest BCUT2D eigenvalue weighted by atomic mass is 10.1. The van der Waals surface area contributed by atoms with Gasteiger partial charge in [0.1, 0.15) is 0 Å². The summed E-state index contributed by atoms with van der Waals surface area (Å²) < 4.78 is 23.5. The first kappa shape index (κ1) is 15.9. The Hall–Kier alpha value is -0.0900. The van der Waals surface area contributed by atoms with E-state index in [1.807, 2.05) is 13.8 Å². The van der Waals surface area contributed by atoms with Crippen LogP contribution in [0, 0.1) is 5.92 Å². The smallest absolute Gasteiger partial charge is 0.150 e. The Balaban J connectivity index is 3.78. The highest BCUT2D eigenvalue weighted by Gasteiger charge is 2.16. The van der Waals surface area contributed by atoms with E-state index in [0.29, 0.717) is 17.4 Å². The Bertz CT molecular complexity index is 243. The van der Waals surface area contributed by atoms with Crippen molar-refractivity contribution in [1.82, 2.24) is 0 Å². The molecule has 0 unspecified atom stereocenters. The maximum Gasteiger partial charge on any atom is 0.150 e. The van der Waals surface area contributed by atoms with E-state index in [2.05, 4.69) is 0 Å². The third-order valence-electron chi connectivity index (χ3n) is 3.01. The first-order valence-electron chi connectivity index (χ1n) is 6.37. The number of hydrogen-bond acceptors (Lipinski definition) is 3. The fourth-order valence-electron chi connectivity index (χ4n) is 1.75. The highest BCUT2D eigenvalue weighted by atomic mass is 32.2. The van der Waals surface area contributed by atoms with Gasteiger partial charge in [-0.05, 0) is 18.8 Å². The molecule has 0 aliphatic heterocycles. The molecule has 0 fully saturated rings. The molecular weight excluding hydrogens is 224 g/mol. The highest BCUT2D eigenvalue weighted by Crippen LogP contribution is 2.12. The topological polar surface area (TPSA) is 54.4 Å². The van der Waals surface area contributed by atoms with Crippen molar-refractivity contribution in [3.8, 4) is 0 Å². The van der Waals surface area contributed by atoms with Crippen LogP contribution in [0.1, 0.15) is 52.4 Å². The summed E-state index contributed by atoms with van der Waals surface area (Å²) in [6, 6.07) is 0. The second-order valence-electron chi connectivity index (χ2n) is 4.43. The Labute approximate surface area is 100 Å². The van der Waals surface area contributed by atoms with Gasteiger partial charge in [0, 0.05) is 6.61 Å². The molecule has 0 heterocycles. The van der Waals surface area contributed by atoms with Crippen LogP contribution < -0.4 is 0 Å². The fourth-order valence-corrected chi connectivity index (χ4v) is 3.75. The van der Waals surface area contributed by atoms with Gasteiger partial charge >= 0.3 is 0 Å². The molecule has 0 atom stereocenters. The summed E-state index contributed by atoms with van der Waals surface area (Å²) in [5.41, 5.74) is 0. The number of rotatable bonds is 10. The van der Waals surface area contributed by atoms with Gasteiger partial charge in [0.05, 0.1) is 11.5 Å². The van der Waals surface area contributed by atoms with Gasteiger partial charge in [0.2, 0.25) is 0 Å². The average molecular weight is 250 g/mol. The molecule has 3 nitrogen and oxygen atoms in total. The zero-order valence-corrected chi connectivity index (χ0v) is 11.4. The van der Waals surface area contributed by atoms with Crippen molar-refractivity contribution in [2.45, 2.75) is 52.4 Å². The maximum absolute atomic E-state index is 11.7. The minimum absolute atomic E-state index is 0.209. The highest BCUT2D eigenvalue weighted by molar-refractivity contribution is 7.91. The van der Waals surface area contributed by atoms with E-state index in [1.165, 1.54) is 0 Å². The third-order valence-corrected chi connectivity index (χ3v) is 4.90. The van der Waals surface area contributed by atoms with Crippen LogP contribution in [0.3, 0.4) is 0 Å². The molecule has 0 aliphatic carbocycles. The molecule has 0 saturated carbocycles. The van der Waals surface area contributed by atoms with Gasteiger partial charge in [0.15, 0.2) is 9.84 Å². The van der Waals surface area contributed by atoms with Gasteiger partial charge in [-0.1, -0.05) is 39.5 Å². The predicted octanol–water partition coefficient (Wildman–Crippen LogP) is 2.39. The molecule has 0 aromatic rings. The molecule has 0 aliphatic rings. The number of sulfone groups is 1. The molecule has 0 bridgehead atoms. The Morgan fingerprint density at radius 2 is 1.56 bits per heavy atom. The van der Waals surface area contributed by atoms with Gasteiger partial charge in [-0.3, -0.25) is 0 Å². The lowest BCUT2D eigenvalue weighted by molar-refractivity contribution is 0.283. The first-order valence-corrected chi connectivity index (χ1v) is 8.19. The van der Waals surface area contributed by atoms with Crippen LogP contribution in [0.2, 0.25) is 0 Å². The van der Waals surface area contributed by atoms with Crippen LogP contribution in [0.4, 0.5) is 0 Å². The van der Waals surface area contributed by atoms with Crippen LogP contribution >= 0.6 is 0 Å². The molecule has 0 saturated heterocycles. The quantitative estimate of drug-likeness (QED) is 0.606. The lowest BCUT2D eigenvalue weighted by Crippen LogP contribution is -2.18. The van der Waals surface area contributed by atoms with Crippen molar-refractivity contribution in [2.75, 3.05) is 18.1 Å². The van der Waals surface area contributed by atoms with Crippen molar-refractivity contribution in [3.63, 3.8) is 0 Å². The van der Waals surface area contributed by atoms with E-state index < -0.39 is 9.84 Å². The molecule has 0 amide bonds. The molecule has 0 spiro atoms. The van der Waals surface area contributed by atoms with Gasteiger partial charge in [-0.2, -0.15) is 0 Å². The molecule has 16 heavy (non-hydrogen) atoms. The molecule has 0 rings (SSSR count). The van der Waals surface area contributed by atoms with E-state index in [9.17, 15) is 8.42 Å². The largest absolute Gasteiger partial charge is 0.396 e. The molecule has 0 aromatic carbocycles. The summed E-state index contributed by atoms with van der Waals surface area (Å²) in [4.78, 5) is 0. The Morgan fingerprint density at radius 3 is 2.06 bits per heavy atom. The molecule has 4 heteroatoms. The minimum Gasteiger partial charge on any atom is -0.396 e. The van der Waals surface area contributed by atoms with E-state index >= 15 is 0 Å². The number of aliphatic hydroxyl groups is 1. The summed E-state index contributed by atoms with van der Waals surface area (Å²) in [6.45, 7) is 4.30. The second kappa shape index (κ2) is 8.99. The number of aliphatic hydroxyl groups excluding tert-OH is 1. The maximum atomic E-state index is 11.7. The summed E-state index contributed by atoms with van der Waals surface area (Å²) in [6.07, 6.45) is 5.25. The zero-order chi connectivity index (χ0) is 12.4. The minimum atomic E-state index is -2.85. The SMILES string of the molecule is CCC(CC)CS(=O)(=O)CCCCCCO. The van der Waals surface area contributed by atoms with Crippen LogP contribution in [-0.4, -0.2) is 31.6 Å². The van der Waals surface area contributed by atoms with E-state index in [-0.39, 0.29) is 6.61 Å².